The topological polar surface area (TPSA) is 63.0 Å². The first kappa shape index (κ1) is 11.8. The number of aromatic nitrogens is 1. The fraction of sp³-hybridized carbons (Fsp3) is 0.0714. The van der Waals surface area contributed by atoms with Crippen LogP contribution in [0.4, 0.5) is 0 Å². The summed E-state index contributed by atoms with van der Waals surface area (Å²) in [6, 6.07) is 12.5. The predicted octanol–water partition coefficient (Wildman–Crippen LogP) is 2.75. The van der Waals surface area contributed by atoms with Gasteiger partial charge in [-0.05, 0) is 29.8 Å². The van der Waals surface area contributed by atoms with Crippen molar-refractivity contribution >= 4 is 6.29 Å². The number of rotatable bonds is 4. The number of nitrogens with zero attached hydrogens (tertiary/aromatic N) is 2. The fourth-order valence-electron chi connectivity index (χ4n) is 1.46. The zero-order valence-corrected chi connectivity index (χ0v) is 9.54. The molecule has 4 nitrogen and oxygen atoms in total. The van der Waals surface area contributed by atoms with Gasteiger partial charge in [-0.15, -0.1) is 0 Å². The number of pyridine rings is 1. The maximum Gasteiger partial charge on any atom is 0.229 e. The van der Waals surface area contributed by atoms with E-state index < -0.39 is 0 Å². The first-order valence-corrected chi connectivity index (χ1v) is 5.37. The van der Waals surface area contributed by atoms with Crippen molar-refractivity contribution < 1.29 is 9.53 Å². The summed E-state index contributed by atoms with van der Waals surface area (Å²) in [6.07, 6.45) is 2.63. The molecule has 0 aliphatic heterocycles. The van der Waals surface area contributed by atoms with Gasteiger partial charge in [0.15, 0.2) is 6.29 Å². The van der Waals surface area contributed by atoms with Gasteiger partial charge in [-0.25, -0.2) is 4.98 Å². The number of nitriles is 1. The van der Waals surface area contributed by atoms with Crippen molar-refractivity contribution in [3.8, 4) is 17.7 Å². The quantitative estimate of drug-likeness (QED) is 0.768. The lowest BCUT2D eigenvalue weighted by Crippen LogP contribution is -1.93. The smallest absolute Gasteiger partial charge is 0.229 e. The second-order valence-corrected chi connectivity index (χ2v) is 3.60. The van der Waals surface area contributed by atoms with Crippen molar-refractivity contribution in [2.45, 2.75) is 6.42 Å². The first-order valence-electron chi connectivity index (χ1n) is 5.37. The number of hydrogen-bond acceptors (Lipinski definition) is 4. The largest absolute Gasteiger partial charge is 0.438 e. The van der Waals surface area contributed by atoms with Gasteiger partial charge in [-0.3, -0.25) is 4.79 Å². The molecule has 0 saturated carbocycles. The fourth-order valence-corrected chi connectivity index (χ4v) is 1.46. The van der Waals surface area contributed by atoms with Gasteiger partial charge in [0.2, 0.25) is 5.88 Å². The Balaban J connectivity index is 2.18. The molecular formula is C14H10N2O2. The van der Waals surface area contributed by atoms with E-state index in [0.717, 1.165) is 5.56 Å². The van der Waals surface area contributed by atoms with Crippen LogP contribution in [0.5, 0.6) is 11.6 Å². The Morgan fingerprint density at radius 1 is 1.28 bits per heavy atom. The van der Waals surface area contributed by atoms with Crippen LogP contribution in [0.15, 0.2) is 42.6 Å². The van der Waals surface area contributed by atoms with E-state index in [1.807, 2.05) is 12.1 Å². The van der Waals surface area contributed by atoms with Crippen molar-refractivity contribution in [1.29, 1.82) is 5.26 Å². The minimum absolute atomic E-state index is 0.278. The highest BCUT2D eigenvalue weighted by atomic mass is 16.5. The minimum atomic E-state index is 0.278. The van der Waals surface area contributed by atoms with Crippen molar-refractivity contribution in [2.75, 3.05) is 0 Å². The standard InChI is InChI=1S/C14H10N2O2/c15-8-7-11-3-5-13(6-4-11)18-14-12(10-17)2-1-9-16-14/h1-6,9-10H,7H2. The van der Waals surface area contributed by atoms with E-state index in [2.05, 4.69) is 11.1 Å². The third-order valence-corrected chi connectivity index (χ3v) is 2.35. The number of benzene rings is 1. The van der Waals surface area contributed by atoms with Crippen LogP contribution in [0.2, 0.25) is 0 Å². The Kier molecular flexibility index (Phi) is 3.67. The predicted molar refractivity (Wildman–Crippen MR) is 65.5 cm³/mol. The van der Waals surface area contributed by atoms with E-state index in [1.165, 1.54) is 0 Å². The van der Waals surface area contributed by atoms with E-state index >= 15 is 0 Å². The molecular weight excluding hydrogens is 228 g/mol. The lowest BCUT2D eigenvalue weighted by atomic mass is 10.2. The van der Waals surface area contributed by atoms with Gasteiger partial charge in [-0.1, -0.05) is 12.1 Å². The lowest BCUT2D eigenvalue weighted by molar-refractivity contribution is 0.112. The van der Waals surface area contributed by atoms with E-state index in [9.17, 15) is 4.79 Å². The molecule has 4 heteroatoms. The molecule has 2 rings (SSSR count). The molecule has 0 N–H and O–H groups in total. The average Bonchev–Trinajstić information content (AvgIpc) is 2.42. The number of carbonyl (C=O) groups is 1. The van der Waals surface area contributed by atoms with Crippen molar-refractivity contribution in [1.82, 2.24) is 4.98 Å². The summed E-state index contributed by atoms with van der Waals surface area (Å²) in [5, 5.41) is 8.56. The molecule has 1 heterocycles. The second-order valence-electron chi connectivity index (χ2n) is 3.60. The van der Waals surface area contributed by atoms with Crippen LogP contribution in [0, 0.1) is 11.3 Å². The highest BCUT2D eigenvalue weighted by molar-refractivity contribution is 5.78. The third kappa shape index (κ3) is 2.71. The third-order valence-electron chi connectivity index (χ3n) is 2.35. The van der Waals surface area contributed by atoms with Crippen molar-refractivity contribution in [3.63, 3.8) is 0 Å². The molecule has 0 atom stereocenters. The molecule has 0 spiro atoms. The van der Waals surface area contributed by atoms with Crippen LogP contribution in [-0.4, -0.2) is 11.3 Å². The van der Waals surface area contributed by atoms with Crippen LogP contribution >= 0.6 is 0 Å². The van der Waals surface area contributed by atoms with E-state index in [-0.39, 0.29) is 5.88 Å². The first-order chi connectivity index (χ1) is 8.83. The molecule has 0 fully saturated rings. The second kappa shape index (κ2) is 5.60. The number of ether oxygens (including phenoxy) is 1. The molecule has 0 unspecified atom stereocenters. The van der Waals surface area contributed by atoms with Crippen LogP contribution < -0.4 is 4.74 Å². The van der Waals surface area contributed by atoms with Gasteiger partial charge >= 0.3 is 0 Å². The molecule has 0 amide bonds. The monoisotopic (exact) mass is 238 g/mol. The summed E-state index contributed by atoms with van der Waals surface area (Å²) in [5.41, 5.74) is 1.32. The summed E-state index contributed by atoms with van der Waals surface area (Å²) < 4.78 is 5.51. The molecule has 1 aromatic carbocycles. The minimum Gasteiger partial charge on any atom is -0.438 e. The zero-order valence-electron chi connectivity index (χ0n) is 9.54. The van der Waals surface area contributed by atoms with Crippen LogP contribution in [-0.2, 0) is 6.42 Å². The molecule has 0 bridgehead atoms. The van der Waals surface area contributed by atoms with Gasteiger partial charge in [0, 0.05) is 6.20 Å². The molecule has 2 aromatic rings. The number of hydrogen-bond donors (Lipinski definition) is 0. The molecule has 1 aromatic heterocycles. The number of carbonyl (C=O) groups excluding carboxylic acids is 1. The van der Waals surface area contributed by atoms with E-state index in [1.54, 1.807) is 30.5 Å². The summed E-state index contributed by atoms with van der Waals surface area (Å²) in [7, 11) is 0. The lowest BCUT2D eigenvalue weighted by Gasteiger charge is -2.06. The van der Waals surface area contributed by atoms with Gasteiger partial charge in [0.25, 0.3) is 0 Å². The van der Waals surface area contributed by atoms with Crippen LogP contribution in [0.1, 0.15) is 15.9 Å². The Hall–Kier alpha value is -2.67. The molecule has 0 radical (unpaired) electrons. The summed E-state index contributed by atoms with van der Waals surface area (Å²) in [5.74, 6) is 0.860. The summed E-state index contributed by atoms with van der Waals surface area (Å²) >= 11 is 0. The Morgan fingerprint density at radius 3 is 2.72 bits per heavy atom. The molecule has 0 saturated heterocycles. The number of aldehydes is 1. The van der Waals surface area contributed by atoms with Gasteiger partial charge in [0.05, 0.1) is 18.1 Å². The molecule has 88 valence electrons. The summed E-state index contributed by atoms with van der Waals surface area (Å²) in [4.78, 5) is 14.8. The van der Waals surface area contributed by atoms with Gasteiger partial charge < -0.3 is 4.74 Å². The average molecular weight is 238 g/mol. The molecule has 0 aliphatic rings. The normalized spacial score (nSPS) is 9.50. The highest BCUT2D eigenvalue weighted by Gasteiger charge is 2.04. The maximum absolute atomic E-state index is 10.8. The maximum atomic E-state index is 10.8. The van der Waals surface area contributed by atoms with Gasteiger partial charge in [0.1, 0.15) is 5.75 Å². The molecule has 0 aliphatic carbocycles. The highest BCUT2D eigenvalue weighted by Crippen LogP contribution is 2.22. The van der Waals surface area contributed by atoms with Crippen LogP contribution in [0.25, 0.3) is 0 Å². The zero-order chi connectivity index (χ0) is 12.8. The Bertz CT molecular complexity index is 585. The van der Waals surface area contributed by atoms with Gasteiger partial charge in [-0.2, -0.15) is 5.26 Å². The SMILES string of the molecule is N#CCc1ccc(Oc2ncccc2C=O)cc1. The van der Waals surface area contributed by atoms with Crippen molar-refractivity contribution in [3.05, 3.63) is 53.7 Å². The van der Waals surface area contributed by atoms with Crippen molar-refractivity contribution in [2.24, 2.45) is 0 Å². The van der Waals surface area contributed by atoms with Crippen LogP contribution in [0.3, 0.4) is 0 Å². The summed E-state index contributed by atoms with van der Waals surface area (Å²) in [6.45, 7) is 0. The Morgan fingerprint density at radius 2 is 2.06 bits per heavy atom. The van der Waals surface area contributed by atoms with E-state index in [4.69, 9.17) is 10.00 Å². The molecule has 18 heavy (non-hydrogen) atoms. The Labute approximate surface area is 104 Å². The van der Waals surface area contributed by atoms with E-state index in [0.29, 0.717) is 24.0 Å².